The number of hydrogen-bond donors (Lipinski definition) is 0. The number of rotatable bonds is 6. The third-order valence-electron chi connectivity index (χ3n) is 3.37. The van der Waals surface area contributed by atoms with Gasteiger partial charge in [-0.15, -0.1) is 0 Å². The number of carbonyl (C=O) groups excluding carboxylic acids is 1. The second-order valence-electron chi connectivity index (χ2n) is 6.14. The van der Waals surface area contributed by atoms with E-state index in [4.69, 9.17) is 4.74 Å². The van der Waals surface area contributed by atoms with Gasteiger partial charge in [-0.05, 0) is 47.0 Å². The summed E-state index contributed by atoms with van der Waals surface area (Å²) in [6, 6.07) is 0.0864. The minimum Gasteiger partial charge on any atom is -0.873 e. The predicted molar refractivity (Wildman–Crippen MR) is 80.2 cm³/mol. The van der Waals surface area contributed by atoms with E-state index in [0.29, 0.717) is 6.42 Å². The summed E-state index contributed by atoms with van der Waals surface area (Å²) in [6.45, 7) is 15.3. The zero-order chi connectivity index (χ0) is 16.0. The maximum atomic E-state index is 12.3. The van der Waals surface area contributed by atoms with Crippen LogP contribution in [0.25, 0.3) is 0 Å². The van der Waals surface area contributed by atoms with Crippen LogP contribution in [0.3, 0.4) is 0 Å². The Morgan fingerprint density at radius 1 is 1.10 bits per heavy atom. The fourth-order valence-corrected chi connectivity index (χ4v) is 2.10. The standard InChI is InChI=1S/C16H31NO3.Li/c1-9-13(8)14(18)15(10(2)3)20-16(19)17(11(4)5)12(6)7;/h10-12,15,18H,9H2,1-8H3;/q;+1/p-1/b14-13-;/t15-;/m1./s1. The average molecular weight is 291 g/mol. The molecule has 0 radical (unpaired) electrons. The molecule has 0 N–H and O–H groups in total. The molecule has 118 valence electrons. The molecule has 0 heterocycles. The van der Waals surface area contributed by atoms with Crippen molar-refractivity contribution in [1.29, 1.82) is 0 Å². The molecule has 0 aliphatic carbocycles. The van der Waals surface area contributed by atoms with Crippen LogP contribution in [0.5, 0.6) is 0 Å². The predicted octanol–water partition coefficient (Wildman–Crippen LogP) is 0.315. The number of amides is 1. The third kappa shape index (κ3) is 6.80. The van der Waals surface area contributed by atoms with Gasteiger partial charge in [-0.2, -0.15) is 0 Å². The Kier molecular flexibility index (Phi) is 11.0. The zero-order valence-corrected chi connectivity index (χ0v) is 15.2. The molecule has 1 amide bonds. The van der Waals surface area contributed by atoms with Crippen LogP contribution >= 0.6 is 0 Å². The van der Waals surface area contributed by atoms with Crippen LogP contribution in [0.2, 0.25) is 0 Å². The van der Waals surface area contributed by atoms with Crippen LogP contribution < -0.4 is 24.0 Å². The van der Waals surface area contributed by atoms with Crippen LogP contribution in [-0.4, -0.2) is 29.2 Å². The Bertz CT molecular complexity index is 343. The minimum atomic E-state index is -0.692. The van der Waals surface area contributed by atoms with Gasteiger partial charge in [-0.25, -0.2) is 4.79 Å². The van der Waals surface area contributed by atoms with Crippen molar-refractivity contribution in [3.8, 4) is 0 Å². The van der Waals surface area contributed by atoms with Crippen molar-refractivity contribution in [1.82, 2.24) is 4.90 Å². The normalized spacial score (nSPS) is 13.9. The summed E-state index contributed by atoms with van der Waals surface area (Å²) in [5, 5.41) is 12.3. The van der Waals surface area contributed by atoms with Crippen LogP contribution in [-0.2, 0) is 4.74 Å². The molecular weight excluding hydrogens is 261 g/mol. The first-order chi connectivity index (χ1) is 9.13. The van der Waals surface area contributed by atoms with E-state index in [1.165, 1.54) is 0 Å². The van der Waals surface area contributed by atoms with E-state index in [-0.39, 0.29) is 42.6 Å². The van der Waals surface area contributed by atoms with Gasteiger partial charge in [-0.1, -0.05) is 32.1 Å². The van der Waals surface area contributed by atoms with Crippen molar-refractivity contribution in [3.63, 3.8) is 0 Å². The van der Waals surface area contributed by atoms with Crippen LogP contribution in [0.4, 0.5) is 4.79 Å². The minimum absolute atomic E-state index is 0. The van der Waals surface area contributed by atoms with Gasteiger partial charge >= 0.3 is 25.0 Å². The van der Waals surface area contributed by atoms with Crippen molar-refractivity contribution >= 4 is 6.09 Å². The second kappa shape index (κ2) is 10.2. The van der Waals surface area contributed by atoms with Crippen molar-refractivity contribution < 1.29 is 33.5 Å². The smallest absolute Gasteiger partial charge is 0.873 e. The van der Waals surface area contributed by atoms with E-state index in [9.17, 15) is 9.90 Å². The monoisotopic (exact) mass is 291 g/mol. The molecule has 21 heavy (non-hydrogen) atoms. The van der Waals surface area contributed by atoms with E-state index >= 15 is 0 Å². The number of carbonyl (C=O) groups is 1. The molecule has 0 bridgehead atoms. The van der Waals surface area contributed by atoms with E-state index < -0.39 is 12.2 Å². The Morgan fingerprint density at radius 3 is 1.81 bits per heavy atom. The second-order valence-corrected chi connectivity index (χ2v) is 6.14. The fraction of sp³-hybridized carbons (Fsp3) is 0.812. The van der Waals surface area contributed by atoms with Crippen LogP contribution in [0.15, 0.2) is 11.3 Å². The molecule has 0 aromatic rings. The molecule has 0 aromatic heterocycles. The third-order valence-corrected chi connectivity index (χ3v) is 3.37. The summed E-state index contributed by atoms with van der Waals surface area (Å²) >= 11 is 0. The molecule has 0 unspecified atom stereocenters. The van der Waals surface area contributed by atoms with Gasteiger partial charge in [0.15, 0.2) is 0 Å². The summed E-state index contributed by atoms with van der Waals surface area (Å²) in [7, 11) is 0. The number of hydrogen-bond acceptors (Lipinski definition) is 3. The Morgan fingerprint density at radius 2 is 1.52 bits per heavy atom. The van der Waals surface area contributed by atoms with Crippen molar-refractivity contribution in [3.05, 3.63) is 11.3 Å². The topological polar surface area (TPSA) is 52.6 Å². The van der Waals surface area contributed by atoms with Crippen LogP contribution in [0, 0.1) is 5.92 Å². The Labute approximate surface area is 142 Å². The zero-order valence-electron chi connectivity index (χ0n) is 15.2. The van der Waals surface area contributed by atoms with E-state index in [2.05, 4.69) is 0 Å². The fourth-order valence-electron chi connectivity index (χ4n) is 2.10. The van der Waals surface area contributed by atoms with Crippen molar-refractivity contribution in [2.24, 2.45) is 5.92 Å². The summed E-state index contributed by atoms with van der Waals surface area (Å²) < 4.78 is 5.50. The summed E-state index contributed by atoms with van der Waals surface area (Å²) in [6.07, 6.45) is -0.425. The maximum absolute atomic E-state index is 12.3. The van der Waals surface area contributed by atoms with Gasteiger partial charge in [0, 0.05) is 12.1 Å². The van der Waals surface area contributed by atoms with Crippen molar-refractivity contribution in [2.75, 3.05) is 0 Å². The van der Waals surface area contributed by atoms with Gasteiger partial charge in [0.1, 0.15) is 6.10 Å². The van der Waals surface area contributed by atoms with Gasteiger partial charge < -0.3 is 14.7 Å². The number of nitrogens with zero attached hydrogens (tertiary/aromatic N) is 1. The largest absolute Gasteiger partial charge is 1.00 e. The molecular formula is C16H30LiNO3. The van der Waals surface area contributed by atoms with Gasteiger partial charge in [-0.3, -0.25) is 0 Å². The molecule has 1 atom stereocenters. The van der Waals surface area contributed by atoms with Gasteiger partial charge in [0.25, 0.3) is 0 Å². The van der Waals surface area contributed by atoms with Crippen LogP contribution in [0.1, 0.15) is 61.8 Å². The maximum Gasteiger partial charge on any atom is 1.00 e. The van der Waals surface area contributed by atoms with E-state index in [1.54, 1.807) is 11.8 Å². The van der Waals surface area contributed by atoms with E-state index in [1.807, 2.05) is 48.5 Å². The molecule has 0 aliphatic heterocycles. The molecule has 0 aromatic carbocycles. The van der Waals surface area contributed by atoms with E-state index in [0.717, 1.165) is 5.57 Å². The first-order valence-corrected chi connectivity index (χ1v) is 7.48. The molecule has 4 nitrogen and oxygen atoms in total. The summed E-state index contributed by atoms with van der Waals surface area (Å²) in [5.74, 6) is -0.0996. The van der Waals surface area contributed by atoms with Gasteiger partial charge in [0.05, 0.1) is 0 Å². The average Bonchev–Trinajstić information content (AvgIpc) is 2.32. The number of allylic oxidation sites excluding steroid dienone is 1. The molecule has 0 rings (SSSR count). The summed E-state index contributed by atoms with van der Waals surface area (Å²) in [5.41, 5.74) is 0.747. The first kappa shape index (κ1) is 22.7. The summed E-state index contributed by atoms with van der Waals surface area (Å²) in [4.78, 5) is 14.0. The Balaban J connectivity index is 0. The molecule has 0 saturated carbocycles. The van der Waals surface area contributed by atoms with Gasteiger partial charge in [0.2, 0.25) is 0 Å². The quantitative estimate of drug-likeness (QED) is 0.523. The molecule has 0 aliphatic rings. The molecule has 0 spiro atoms. The Hall–Kier alpha value is -0.593. The number of ether oxygens (including phenoxy) is 1. The molecule has 0 fully saturated rings. The molecule has 5 heteroatoms. The molecule has 0 saturated heterocycles. The van der Waals surface area contributed by atoms with Crippen molar-refractivity contribution in [2.45, 2.75) is 80.0 Å². The first-order valence-electron chi connectivity index (χ1n) is 7.48. The SMILES string of the molecule is CC/C(C)=C(\[O-])[C@H](OC(=O)N(C(C)C)C(C)C)C(C)C.[Li+].